The van der Waals surface area contributed by atoms with Crippen LogP contribution in [-0.4, -0.2) is 37.7 Å². The van der Waals surface area contributed by atoms with E-state index in [2.05, 4.69) is 60.7 Å². The molecule has 0 rings (SSSR count). The second kappa shape index (κ2) is 31.1. The summed E-state index contributed by atoms with van der Waals surface area (Å²) in [6.07, 6.45) is 28.9. The van der Waals surface area contributed by atoms with Gasteiger partial charge in [-0.2, -0.15) is 0 Å². The molecule has 0 aliphatic heterocycles. The monoisotopic (exact) mass is 579 g/mol. The van der Waals surface area contributed by atoms with Crippen LogP contribution in [0, 0.1) is 11.8 Å². The minimum atomic E-state index is -0.562. The average molecular weight is 581 g/mol. The highest BCUT2D eigenvalue weighted by Gasteiger charge is 2.34. The molecule has 2 unspecified atom stereocenters. The molecule has 0 aromatic carbocycles. The Balaban J connectivity index is -0.000000569. The molecule has 3 heteroatoms. The van der Waals surface area contributed by atoms with Gasteiger partial charge in [-0.15, -0.1) is 0 Å². The van der Waals surface area contributed by atoms with Gasteiger partial charge in [0.15, 0.2) is 0 Å². The molecular weight excluding hydrogens is 509 g/mol. The van der Waals surface area contributed by atoms with E-state index in [-0.39, 0.29) is 17.0 Å². The molecule has 0 aromatic heterocycles. The van der Waals surface area contributed by atoms with Crippen LogP contribution in [-0.2, 0) is 0 Å². The zero-order valence-electron chi connectivity index (χ0n) is 26.0. The van der Waals surface area contributed by atoms with Crippen LogP contribution in [0.3, 0.4) is 0 Å². The van der Waals surface area contributed by atoms with Crippen molar-refractivity contribution >= 4 is 7.26 Å². The fraction of sp³-hybridized carbons (Fsp3) is 1.00. The van der Waals surface area contributed by atoms with Gasteiger partial charge in [0.05, 0.1) is 24.6 Å². The van der Waals surface area contributed by atoms with Crippen molar-refractivity contribution in [2.75, 3.05) is 37.7 Å². The molecular formula is C32H71BrNP. The predicted molar refractivity (Wildman–Crippen MR) is 166 cm³/mol. The van der Waals surface area contributed by atoms with Gasteiger partial charge in [0, 0.05) is 7.26 Å². The SMILES string of the molecule is CCCCC(CC)CNCC(CC)CCCC.CCCC[P+](CCCC)(CCCC)CCCC.[Br-]. The quantitative estimate of drug-likeness (QED) is 0.113. The molecule has 1 N–H and O–H groups in total. The van der Waals surface area contributed by atoms with Crippen molar-refractivity contribution in [2.24, 2.45) is 11.8 Å². The van der Waals surface area contributed by atoms with Crippen molar-refractivity contribution in [1.82, 2.24) is 5.32 Å². The normalized spacial score (nSPS) is 13.0. The van der Waals surface area contributed by atoms with Crippen LogP contribution in [0.2, 0.25) is 0 Å². The fourth-order valence-corrected chi connectivity index (χ4v) is 10.3. The molecule has 0 fully saturated rings. The van der Waals surface area contributed by atoms with E-state index in [1.54, 1.807) is 24.6 Å². The standard InChI is InChI=1S/C16H35N.C16H36P.BrH/c1-5-9-11-15(7-3)13-17-14-16(8-4)12-10-6-2;1-5-9-13-17(14-10-6-2,15-11-7-3)16-12-8-4;/h15-17H,5-14H2,1-4H3;5-16H2,1-4H3;1H/q;+1;/p-1. The molecule has 0 saturated carbocycles. The van der Waals surface area contributed by atoms with Crippen molar-refractivity contribution in [1.29, 1.82) is 0 Å². The molecule has 2 atom stereocenters. The molecule has 216 valence electrons. The van der Waals surface area contributed by atoms with Crippen molar-refractivity contribution in [3.05, 3.63) is 0 Å². The first-order valence-corrected chi connectivity index (χ1v) is 18.6. The van der Waals surface area contributed by atoms with E-state index in [9.17, 15) is 0 Å². The lowest BCUT2D eigenvalue weighted by Crippen LogP contribution is -3.00. The zero-order chi connectivity index (χ0) is 25.9. The lowest BCUT2D eigenvalue weighted by atomic mass is 9.97. The molecule has 0 spiro atoms. The number of hydrogen-bond donors (Lipinski definition) is 1. The van der Waals surface area contributed by atoms with Crippen LogP contribution < -0.4 is 22.3 Å². The highest BCUT2D eigenvalue weighted by atomic mass is 79.9. The van der Waals surface area contributed by atoms with Crippen LogP contribution in [0.1, 0.15) is 158 Å². The summed E-state index contributed by atoms with van der Waals surface area (Å²) in [5.74, 6) is 1.80. The van der Waals surface area contributed by atoms with Gasteiger partial charge < -0.3 is 22.3 Å². The highest BCUT2D eigenvalue weighted by Crippen LogP contribution is 2.61. The fourth-order valence-electron chi connectivity index (χ4n) is 5.02. The zero-order valence-corrected chi connectivity index (χ0v) is 28.5. The minimum absolute atomic E-state index is 0. The summed E-state index contributed by atoms with van der Waals surface area (Å²) in [4.78, 5) is 0. The first-order valence-electron chi connectivity index (χ1n) is 16.1. The van der Waals surface area contributed by atoms with Crippen LogP contribution in [0.4, 0.5) is 0 Å². The Kier molecular flexibility index (Phi) is 35.9. The van der Waals surface area contributed by atoms with Gasteiger partial charge in [-0.1, -0.05) is 120 Å². The summed E-state index contributed by atoms with van der Waals surface area (Å²) in [7, 11) is -0.562. The van der Waals surface area contributed by atoms with Gasteiger partial charge in [0.1, 0.15) is 0 Å². The maximum Gasteiger partial charge on any atom is 0.0594 e. The molecule has 0 saturated heterocycles. The van der Waals surface area contributed by atoms with E-state index in [1.165, 1.54) is 116 Å². The maximum atomic E-state index is 3.71. The molecule has 0 amide bonds. The summed E-state index contributed by atoms with van der Waals surface area (Å²) in [5, 5.41) is 3.71. The summed E-state index contributed by atoms with van der Waals surface area (Å²) in [6, 6.07) is 0. The number of nitrogens with one attached hydrogen (secondary N) is 1. The number of unbranched alkanes of at least 4 members (excludes halogenated alkanes) is 6. The summed E-state index contributed by atoms with van der Waals surface area (Å²) < 4.78 is 0. The third kappa shape index (κ3) is 24.9. The summed E-state index contributed by atoms with van der Waals surface area (Å²) in [5.41, 5.74) is 0. The van der Waals surface area contributed by atoms with Crippen molar-refractivity contribution in [3.63, 3.8) is 0 Å². The smallest absolute Gasteiger partial charge is 0.0594 e. The molecule has 0 heterocycles. The van der Waals surface area contributed by atoms with E-state index in [4.69, 9.17) is 0 Å². The Labute approximate surface area is 236 Å². The second-order valence-corrected chi connectivity index (χ2v) is 15.6. The Hall–Kier alpha value is 0.870. The van der Waals surface area contributed by atoms with Crippen LogP contribution in [0.25, 0.3) is 0 Å². The predicted octanol–water partition coefficient (Wildman–Crippen LogP) is 8.22. The van der Waals surface area contributed by atoms with Gasteiger partial charge in [0.2, 0.25) is 0 Å². The van der Waals surface area contributed by atoms with Crippen molar-refractivity contribution in [3.8, 4) is 0 Å². The highest BCUT2D eigenvalue weighted by molar-refractivity contribution is 7.75. The van der Waals surface area contributed by atoms with Crippen LogP contribution in [0.15, 0.2) is 0 Å². The van der Waals surface area contributed by atoms with Gasteiger partial charge >= 0.3 is 0 Å². The minimum Gasteiger partial charge on any atom is -1.00 e. The van der Waals surface area contributed by atoms with Gasteiger partial charge in [-0.05, 0) is 63.5 Å². The van der Waals surface area contributed by atoms with Gasteiger partial charge in [-0.25, -0.2) is 0 Å². The summed E-state index contributed by atoms with van der Waals surface area (Å²) in [6.45, 7) is 21.1. The van der Waals surface area contributed by atoms with E-state index in [0.29, 0.717) is 0 Å². The molecule has 0 bridgehead atoms. The number of halogens is 1. The molecule has 0 aliphatic rings. The Morgan fingerprint density at radius 2 is 0.743 bits per heavy atom. The lowest BCUT2D eigenvalue weighted by Gasteiger charge is -2.28. The van der Waals surface area contributed by atoms with Crippen LogP contribution in [0.5, 0.6) is 0 Å². The average Bonchev–Trinajstić information content (AvgIpc) is 2.87. The van der Waals surface area contributed by atoms with E-state index in [0.717, 1.165) is 11.8 Å². The molecule has 0 aromatic rings. The van der Waals surface area contributed by atoms with E-state index in [1.807, 2.05) is 0 Å². The first-order chi connectivity index (χ1) is 16.5. The Morgan fingerprint density at radius 3 is 0.971 bits per heavy atom. The lowest BCUT2D eigenvalue weighted by molar-refractivity contribution is -0.00000798. The third-order valence-corrected chi connectivity index (χ3v) is 13.0. The molecule has 35 heavy (non-hydrogen) atoms. The molecule has 1 nitrogen and oxygen atoms in total. The van der Waals surface area contributed by atoms with Crippen molar-refractivity contribution in [2.45, 2.75) is 158 Å². The first kappa shape index (κ1) is 40.4. The van der Waals surface area contributed by atoms with E-state index < -0.39 is 7.26 Å². The number of rotatable bonds is 24. The summed E-state index contributed by atoms with van der Waals surface area (Å²) >= 11 is 0. The Bertz CT molecular complexity index is 323. The molecule has 0 radical (unpaired) electrons. The van der Waals surface area contributed by atoms with Gasteiger partial charge in [0.25, 0.3) is 0 Å². The third-order valence-electron chi connectivity index (χ3n) is 7.90. The van der Waals surface area contributed by atoms with E-state index >= 15 is 0 Å². The molecule has 0 aliphatic carbocycles. The largest absolute Gasteiger partial charge is 1.00 e. The maximum absolute atomic E-state index is 3.71. The van der Waals surface area contributed by atoms with Crippen molar-refractivity contribution < 1.29 is 17.0 Å². The number of hydrogen-bond acceptors (Lipinski definition) is 1. The van der Waals surface area contributed by atoms with Gasteiger partial charge in [-0.3, -0.25) is 0 Å². The Morgan fingerprint density at radius 1 is 0.457 bits per heavy atom. The topological polar surface area (TPSA) is 12.0 Å². The second-order valence-electron chi connectivity index (χ2n) is 11.1. The van der Waals surface area contributed by atoms with Crippen LogP contribution >= 0.6 is 7.26 Å².